The van der Waals surface area contributed by atoms with Gasteiger partial charge in [-0.05, 0) is 0 Å². The number of halogens is 9. The van der Waals surface area contributed by atoms with Crippen molar-refractivity contribution in [1.82, 2.24) is 0 Å². The molecule has 1 saturated carbocycles. The normalized spacial score (nSPS) is 31.8. The maximum atomic E-state index is 12.2. The van der Waals surface area contributed by atoms with Crippen LogP contribution in [0.1, 0.15) is 0 Å². The highest BCUT2D eigenvalue weighted by Gasteiger charge is 2.82. The van der Waals surface area contributed by atoms with Crippen LogP contribution < -0.4 is 0 Å². The summed E-state index contributed by atoms with van der Waals surface area (Å²) >= 11 is 0. The molecule has 3 radical (unpaired) electrons. The first-order chi connectivity index (χ1) is 6.46. The first-order valence-electron chi connectivity index (χ1n) is 3.20. The average molecular weight is 243 g/mol. The SMILES string of the molecule is F[C]1C(F)(F)[C](F)C(F)(F)[C](F)C1(F)F. The highest BCUT2D eigenvalue weighted by molar-refractivity contribution is 5.35. The molecule has 1 rings (SSSR count). The zero-order chi connectivity index (χ0) is 12.2. The zero-order valence-corrected chi connectivity index (χ0v) is 6.40. The number of hydrogen-bond acceptors (Lipinski definition) is 0. The van der Waals surface area contributed by atoms with Gasteiger partial charge >= 0.3 is 17.8 Å². The van der Waals surface area contributed by atoms with Gasteiger partial charge in [0.2, 0.25) is 0 Å². The molecule has 0 aromatic rings. The summed E-state index contributed by atoms with van der Waals surface area (Å²) in [6, 6.07) is 0. The minimum Gasteiger partial charge on any atom is -0.226 e. The molecule has 0 saturated heterocycles. The molecule has 9 heteroatoms. The Kier molecular flexibility index (Phi) is 2.44. The second kappa shape index (κ2) is 2.94. The van der Waals surface area contributed by atoms with E-state index in [1.165, 1.54) is 0 Å². The van der Waals surface area contributed by atoms with Crippen LogP contribution in [0.5, 0.6) is 0 Å². The maximum absolute atomic E-state index is 12.2. The molecule has 0 bridgehead atoms. The number of hydrogen-bond donors (Lipinski definition) is 0. The Labute approximate surface area is 77.0 Å². The highest BCUT2D eigenvalue weighted by atomic mass is 19.3. The third kappa shape index (κ3) is 1.38. The van der Waals surface area contributed by atoms with Crippen molar-refractivity contribution in [3.8, 4) is 0 Å². The summed E-state index contributed by atoms with van der Waals surface area (Å²) in [5.41, 5.74) is 0. The van der Waals surface area contributed by atoms with Gasteiger partial charge in [0.25, 0.3) is 18.5 Å². The molecule has 1 aliphatic carbocycles. The minimum absolute atomic E-state index is 3.80. The molecule has 0 unspecified atom stereocenters. The molecule has 0 atom stereocenters. The van der Waals surface area contributed by atoms with Crippen molar-refractivity contribution in [3.63, 3.8) is 0 Å². The first-order valence-corrected chi connectivity index (χ1v) is 3.20. The van der Waals surface area contributed by atoms with E-state index >= 15 is 0 Å². The van der Waals surface area contributed by atoms with Gasteiger partial charge in [-0.25, -0.2) is 13.2 Å². The zero-order valence-electron chi connectivity index (χ0n) is 6.40. The Morgan fingerprint density at radius 3 is 0.733 bits per heavy atom. The summed E-state index contributed by atoms with van der Waals surface area (Å²) in [6.45, 7) is 0. The highest BCUT2D eigenvalue weighted by Crippen LogP contribution is 2.63. The molecule has 0 spiro atoms. The van der Waals surface area contributed by atoms with E-state index in [2.05, 4.69) is 0 Å². The molecule has 0 nitrogen and oxygen atoms in total. The summed E-state index contributed by atoms with van der Waals surface area (Å²) < 4.78 is 110. The van der Waals surface area contributed by atoms with Crippen LogP contribution in [0.3, 0.4) is 0 Å². The summed E-state index contributed by atoms with van der Waals surface area (Å²) in [5, 5.41) is 0. The Hall–Kier alpha value is -0.630. The lowest BCUT2D eigenvalue weighted by Crippen LogP contribution is -2.58. The van der Waals surface area contributed by atoms with E-state index in [1.807, 2.05) is 0 Å². The molecular formula is C6F9. The molecule has 0 amide bonds. The smallest absolute Gasteiger partial charge is 0.226 e. The molecule has 15 heavy (non-hydrogen) atoms. The molecule has 87 valence electrons. The van der Waals surface area contributed by atoms with E-state index in [9.17, 15) is 39.5 Å². The third-order valence-corrected chi connectivity index (χ3v) is 1.65. The first kappa shape index (κ1) is 12.4. The van der Waals surface area contributed by atoms with E-state index in [1.54, 1.807) is 0 Å². The van der Waals surface area contributed by atoms with Gasteiger partial charge in [-0.3, -0.25) is 0 Å². The molecule has 1 aliphatic rings. The lowest BCUT2D eigenvalue weighted by molar-refractivity contribution is -0.229. The third-order valence-electron chi connectivity index (χ3n) is 1.65. The van der Waals surface area contributed by atoms with Crippen LogP contribution in [0.4, 0.5) is 39.5 Å². The summed E-state index contributed by atoms with van der Waals surface area (Å²) in [4.78, 5) is 0. The van der Waals surface area contributed by atoms with Gasteiger partial charge in [-0.2, -0.15) is 26.3 Å². The molecule has 1 fully saturated rings. The van der Waals surface area contributed by atoms with Crippen molar-refractivity contribution in [2.45, 2.75) is 17.8 Å². The van der Waals surface area contributed by atoms with Crippen LogP contribution in [-0.2, 0) is 0 Å². The molecule has 0 aliphatic heterocycles. The predicted octanol–water partition coefficient (Wildman–Crippen LogP) is 3.41. The predicted molar refractivity (Wildman–Crippen MR) is 27.9 cm³/mol. The molecule has 0 aromatic heterocycles. The van der Waals surface area contributed by atoms with E-state index in [-0.39, 0.29) is 0 Å². The van der Waals surface area contributed by atoms with Gasteiger partial charge in [-0.1, -0.05) is 0 Å². The van der Waals surface area contributed by atoms with Gasteiger partial charge in [0.1, 0.15) is 0 Å². The van der Waals surface area contributed by atoms with Gasteiger partial charge in [0.05, 0.1) is 0 Å². The molecule has 0 heterocycles. The molecule has 0 N–H and O–H groups in total. The lowest BCUT2D eigenvalue weighted by atomic mass is 9.85. The fourth-order valence-corrected chi connectivity index (χ4v) is 0.881. The molecule has 0 aromatic carbocycles. The fourth-order valence-electron chi connectivity index (χ4n) is 0.881. The van der Waals surface area contributed by atoms with Crippen molar-refractivity contribution in [1.29, 1.82) is 0 Å². The van der Waals surface area contributed by atoms with Crippen LogP contribution in [0.2, 0.25) is 0 Å². The van der Waals surface area contributed by atoms with Gasteiger partial charge in [-0.15, -0.1) is 0 Å². The molecular weight excluding hydrogens is 243 g/mol. The Morgan fingerprint density at radius 1 is 0.467 bits per heavy atom. The standard InChI is InChI=1S/C6F9/c7-1-4(10,11)2(8)6(14,15)3(9)5(1,12)13. The number of alkyl halides is 6. The van der Waals surface area contributed by atoms with E-state index in [0.717, 1.165) is 0 Å². The van der Waals surface area contributed by atoms with Crippen molar-refractivity contribution >= 4 is 0 Å². The number of rotatable bonds is 0. The largest absolute Gasteiger partial charge is 0.334 e. The van der Waals surface area contributed by atoms with Crippen LogP contribution in [0.15, 0.2) is 0 Å². The van der Waals surface area contributed by atoms with Crippen LogP contribution in [-0.4, -0.2) is 17.8 Å². The average Bonchev–Trinajstić information content (AvgIpc) is 2.12. The van der Waals surface area contributed by atoms with Gasteiger partial charge in [0.15, 0.2) is 0 Å². The van der Waals surface area contributed by atoms with Crippen molar-refractivity contribution in [3.05, 3.63) is 18.5 Å². The van der Waals surface area contributed by atoms with Crippen LogP contribution in [0.25, 0.3) is 0 Å². The van der Waals surface area contributed by atoms with Gasteiger partial charge in [0, 0.05) is 0 Å². The van der Waals surface area contributed by atoms with Gasteiger partial charge < -0.3 is 0 Å². The van der Waals surface area contributed by atoms with Crippen LogP contribution >= 0.6 is 0 Å². The van der Waals surface area contributed by atoms with E-state index < -0.39 is 36.3 Å². The Morgan fingerprint density at radius 2 is 0.600 bits per heavy atom. The minimum atomic E-state index is -5.82. The Balaban J connectivity index is 3.24. The quantitative estimate of drug-likeness (QED) is 0.572. The topological polar surface area (TPSA) is 0 Å². The second-order valence-corrected chi connectivity index (χ2v) is 2.67. The monoisotopic (exact) mass is 243 g/mol. The fraction of sp³-hybridized carbons (Fsp3) is 0.500. The lowest BCUT2D eigenvalue weighted by Gasteiger charge is -2.39. The summed E-state index contributed by atoms with van der Waals surface area (Å²) in [5.74, 6) is -17.5. The van der Waals surface area contributed by atoms with Crippen molar-refractivity contribution in [2.75, 3.05) is 0 Å². The second-order valence-electron chi connectivity index (χ2n) is 2.67. The summed E-state index contributed by atoms with van der Waals surface area (Å²) in [6.07, 6.45) is -11.4. The van der Waals surface area contributed by atoms with Crippen LogP contribution in [0, 0.1) is 18.5 Å². The van der Waals surface area contributed by atoms with E-state index in [4.69, 9.17) is 0 Å². The van der Waals surface area contributed by atoms with E-state index in [0.29, 0.717) is 0 Å². The van der Waals surface area contributed by atoms with Crippen molar-refractivity contribution < 1.29 is 39.5 Å². The Bertz CT molecular complexity index is 199. The van der Waals surface area contributed by atoms with Crippen molar-refractivity contribution in [2.24, 2.45) is 0 Å². The summed E-state index contributed by atoms with van der Waals surface area (Å²) in [7, 11) is 0. The maximum Gasteiger partial charge on any atom is 0.334 e.